The highest BCUT2D eigenvalue weighted by Gasteiger charge is 2.39. The fourth-order valence-corrected chi connectivity index (χ4v) is 9.83. The molecular weight excluding hydrogens is 926 g/mol. The Hall–Kier alpha value is -5.36. The molecule has 3 N–H and O–H groups in total. The summed E-state index contributed by atoms with van der Waals surface area (Å²) in [6.45, 7) is 9.76. The number of likely N-dealkylation sites (tertiary alicyclic amines) is 1. The van der Waals surface area contributed by atoms with E-state index in [1.165, 1.54) is 25.9 Å². The van der Waals surface area contributed by atoms with Crippen molar-refractivity contribution < 1.29 is 19.1 Å². The van der Waals surface area contributed by atoms with Crippen LogP contribution in [0.3, 0.4) is 0 Å². The predicted molar refractivity (Wildman–Crippen MR) is 259 cm³/mol. The third-order valence-electron chi connectivity index (χ3n) is 12.3. The molecule has 2 aromatic carbocycles. The SMILES string of the molecule is Cc1nc(N2CC3CC2CN3)nc2ncc(NC(=O)COc3ccc(Cl)cc3Cl)cc12.Cc1nc(N2CCC(N3CCCC3)CC2)nc2ncc(NC(=O)COc3ccc(Cl)cc3Cl)cc12. The number of ether oxygens (including phenoxy) is 2. The molecule has 0 saturated carbocycles. The van der Waals surface area contributed by atoms with Crippen LogP contribution in [0.25, 0.3) is 22.1 Å². The number of carbonyl (C=O) groups is 2. The molecule has 4 aromatic heterocycles. The number of aryl methyl sites for hydroxylation is 2. The van der Waals surface area contributed by atoms with Crippen LogP contribution in [0.15, 0.2) is 60.9 Å². The number of nitrogens with one attached hydrogen (secondary N) is 3. The van der Waals surface area contributed by atoms with Gasteiger partial charge in [-0.05, 0) is 108 Å². The molecule has 20 heteroatoms. The van der Waals surface area contributed by atoms with Crippen molar-refractivity contribution in [1.29, 1.82) is 0 Å². The standard InChI is InChI=1S/C25H28Cl2N6O2.C21H20Cl2N6O2/c1-16-20-13-18(30-23(34)15-35-22-5-4-17(26)12-21(22)27)14-28-24(20)31-25(29-16)33-10-6-19(7-11-33)32-8-2-3-9-32;1-11-16-6-13(27-19(30)10-31-18-3-2-12(22)4-17(18)23)7-25-20(16)28-21(26-11)29-9-14-5-15(29)8-24-14/h4-5,12-14,19H,2-3,6-11,15H2,1H3,(H,30,34);2-4,6-7,14-15,24H,5,8-10H2,1H3,(H,27,30). The van der Waals surface area contributed by atoms with Gasteiger partial charge in [-0.1, -0.05) is 46.4 Å². The molecule has 0 spiro atoms. The summed E-state index contributed by atoms with van der Waals surface area (Å²) >= 11 is 23.9. The second-order valence-electron chi connectivity index (χ2n) is 16.8. The van der Waals surface area contributed by atoms with E-state index >= 15 is 0 Å². The Bertz CT molecular complexity index is 2770. The number of nitrogens with zero attached hydrogens (tertiary/aromatic N) is 9. The van der Waals surface area contributed by atoms with E-state index in [4.69, 9.17) is 70.8 Å². The first-order valence-corrected chi connectivity index (χ1v) is 23.5. The number of piperazine rings is 1. The lowest BCUT2D eigenvalue weighted by Gasteiger charge is -2.36. The van der Waals surface area contributed by atoms with Crippen molar-refractivity contribution in [2.75, 3.05) is 72.9 Å². The molecule has 10 rings (SSSR count). The van der Waals surface area contributed by atoms with Crippen LogP contribution < -0.4 is 35.2 Å². The Morgan fingerprint density at radius 1 is 0.697 bits per heavy atom. The molecule has 4 fully saturated rings. The summed E-state index contributed by atoms with van der Waals surface area (Å²) in [4.78, 5) is 59.6. The Kier molecular flexibility index (Phi) is 14.0. The van der Waals surface area contributed by atoms with Gasteiger partial charge in [-0.15, -0.1) is 0 Å². The van der Waals surface area contributed by atoms with Gasteiger partial charge in [0.2, 0.25) is 11.9 Å². The number of hydrogen-bond acceptors (Lipinski definition) is 14. The molecule has 0 radical (unpaired) electrons. The van der Waals surface area contributed by atoms with Gasteiger partial charge in [-0.2, -0.15) is 9.97 Å². The van der Waals surface area contributed by atoms with Crippen molar-refractivity contribution in [2.24, 2.45) is 0 Å². The topological polar surface area (TPSA) is 176 Å². The van der Waals surface area contributed by atoms with Gasteiger partial charge in [0.05, 0.1) is 45.2 Å². The first kappa shape index (κ1) is 45.8. The maximum atomic E-state index is 12.4. The van der Waals surface area contributed by atoms with E-state index < -0.39 is 0 Å². The first-order valence-electron chi connectivity index (χ1n) is 22.0. The second-order valence-corrected chi connectivity index (χ2v) is 18.5. The number of fused-ring (bicyclic) bond motifs is 4. The number of anilines is 4. The fourth-order valence-electron chi connectivity index (χ4n) is 8.90. The molecule has 8 heterocycles. The molecule has 4 aliphatic rings. The van der Waals surface area contributed by atoms with E-state index in [1.54, 1.807) is 48.8 Å². The Labute approximate surface area is 401 Å². The van der Waals surface area contributed by atoms with Crippen molar-refractivity contribution in [2.45, 2.75) is 64.1 Å². The molecule has 4 aliphatic heterocycles. The molecule has 0 aliphatic carbocycles. The predicted octanol–water partition coefficient (Wildman–Crippen LogP) is 7.93. The molecule has 16 nitrogen and oxygen atoms in total. The first-order chi connectivity index (χ1) is 31.9. The average Bonchev–Trinajstić information content (AvgIpc) is 4.10. The number of carbonyl (C=O) groups excluding carboxylic acids is 2. The summed E-state index contributed by atoms with van der Waals surface area (Å²) in [5.74, 6) is 1.57. The lowest BCUT2D eigenvalue weighted by atomic mass is 10.0. The van der Waals surface area contributed by atoms with Crippen LogP contribution in [-0.4, -0.2) is 117 Å². The summed E-state index contributed by atoms with van der Waals surface area (Å²) in [5, 5.41) is 12.4. The molecule has 2 amide bonds. The third kappa shape index (κ3) is 10.7. The average molecular weight is 975 g/mol. The van der Waals surface area contributed by atoms with E-state index in [0.29, 0.717) is 72.4 Å². The summed E-state index contributed by atoms with van der Waals surface area (Å²) in [6, 6.07) is 15.0. The van der Waals surface area contributed by atoms with Crippen LogP contribution in [0.5, 0.6) is 11.5 Å². The molecule has 6 aromatic rings. The van der Waals surface area contributed by atoms with Crippen LogP contribution in [0.2, 0.25) is 20.1 Å². The molecular formula is C46H48Cl4N12O4. The van der Waals surface area contributed by atoms with Crippen molar-refractivity contribution in [3.63, 3.8) is 0 Å². The Morgan fingerprint density at radius 2 is 1.23 bits per heavy atom. The van der Waals surface area contributed by atoms with Gasteiger partial charge in [-0.3, -0.25) is 9.59 Å². The third-order valence-corrected chi connectivity index (χ3v) is 13.3. The zero-order valence-corrected chi connectivity index (χ0v) is 39.4. The molecule has 2 bridgehead atoms. The monoisotopic (exact) mass is 972 g/mol. The number of halogens is 4. The number of piperidine rings is 1. The maximum absolute atomic E-state index is 12.4. The summed E-state index contributed by atoms with van der Waals surface area (Å²) < 4.78 is 11.0. The Morgan fingerprint density at radius 3 is 1.73 bits per heavy atom. The molecule has 2 unspecified atom stereocenters. The van der Waals surface area contributed by atoms with E-state index in [1.807, 2.05) is 26.0 Å². The van der Waals surface area contributed by atoms with Gasteiger partial charge < -0.3 is 40.1 Å². The van der Waals surface area contributed by atoms with Crippen LogP contribution in [0.1, 0.15) is 43.5 Å². The van der Waals surface area contributed by atoms with E-state index in [-0.39, 0.29) is 25.0 Å². The van der Waals surface area contributed by atoms with Crippen LogP contribution in [-0.2, 0) is 9.59 Å². The number of benzene rings is 2. The van der Waals surface area contributed by atoms with Gasteiger partial charge >= 0.3 is 0 Å². The quantitative estimate of drug-likeness (QED) is 0.114. The lowest BCUT2D eigenvalue weighted by Crippen LogP contribution is -2.44. The minimum atomic E-state index is -0.331. The minimum Gasteiger partial charge on any atom is -0.482 e. The summed E-state index contributed by atoms with van der Waals surface area (Å²) in [6.07, 6.45) is 9.25. The number of aromatic nitrogens is 6. The molecule has 344 valence electrons. The molecule has 2 atom stereocenters. The van der Waals surface area contributed by atoms with Gasteiger partial charge in [0, 0.05) is 65.1 Å². The van der Waals surface area contributed by atoms with Crippen molar-refractivity contribution in [3.05, 3.63) is 92.4 Å². The number of hydrogen-bond donors (Lipinski definition) is 3. The highest BCUT2D eigenvalue weighted by molar-refractivity contribution is 6.36. The van der Waals surface area contributed by atoms with Gasteiger partial charge in [0.15, 0.2) is 24.5 Å². The largest absolute Gasteiger partial charge is 0.482 e. The highest BCUT2D eigenvalue weighted by atomic mass is 35.5. The number of pyridine rings is 2. The zero-order valence-electron chi connectivity index (χ0n) is 36.4. The van der Waals surface area contributed by atoms with Crippen LogP contribution in [0, 0.1) is 13.8 Å². The van der Waals surface area contributed by atoms with Gasteiger partial charge in [0.1, 0.15) is 11.5 Å². The fraction of sp³-hybridized carbons (Fsp3) is 0.391. The number of amides is 2. The number of rotatable bonds is 11. The molecule has 4 saturated heterocycles. The normalized spacial score (nSPS) is 18.4. The van der Waals surface area contributed by atoms with Crippen molar-refractivity contribution in [1.82, 2.24) is 40.1 Å². The van der Waals surface area contributed by atoms with Gasteiger partial charge in [-0.25, -0.2) is 19.9 Å². The maximum Gasteiger partial charge on any atom is 0.262 e. The zero-order chi connectivity index (χ0) is 45.9. The van der Waals surface area contributed by atoms with E-state index in [0.717, 1.165) is 79.5 Å². The van der Waals surface area contributed by atoms with Crippen LogP contribution in [0.4, 0.5) is 23.3 Å². The summed E-state index contributed by atoms with van der Waals surface area (Å²) in [5.41, 5.74) is 3.99. The van der Waals surface area contributed by atoms with E-state index in [2.05, 4.69) is 45.6 Å². The van der Waals surface area contributed by atoms with Crippen LogP contribution >= 0.6 is 46.4 Å². The Balaban J connectivity index is 0.000000167. The highest BCUT2D eigenvalue weighted by Crippen LogP contribution is 2.32. The minimum absolute atomic E-state index is 0.193. The smallest absolute Gasteiger partial charge is 0.262 e. The van der Waals surface area contributed by atoms with Crippen molar-refractivity contribution >= 4 is 104 Å². The molecule has 66 heavy (non-hydrogen) atoms. The van der Waals surface area contributed by atoms with E-state index in [9.17, 15) is 9.59 Å². The second kappa shape index (κ2) is 20.2. The van der Waals surface area contributed by atoms with Crippen molar-refractivity contribution in [3.8, 4) is 11.5 Å². The van der Waals surface area contributed by atoms with Gasteiger partial charge in [0.25, 0.3) is 11.8 Å². The lowest BCUT2D eigenvalue weighted by molar-refractivity contribution is -0.118. The summed E-state index contributed by atoms with van der Waals surface area (Å²) in [7, 11) is 0.